The zero-order valence-corrected chi connectivity index (χ0v) is 16.3. The lowest BCUT2D eigenvalue weighted by Crippen LogP contribution is -2.40. The lowest BCUT2D eigenvalue weighted by atomic mass is 10.1. The Morgan fingerprint density at radius 1 is 1.06 bits per heavy atom. The Balaban J connectivity index is 1.85. The first-order valence-corrected chi connectivity index (χ1v) is 9.36. The minimum atomic E-state index is -5.88. The first-order valence-electron chi connectivity index (χ1n) is 9.36. The van der Waals surface area contributed by atoms with Crippen LogP contribution in [0.15, 0.2) is 23.4 Å². The summed E-state index contributed by atoms with van der Waals surface area (Å²) in [5, 5.41) is 3.29. The molecule has 1 aliphatic carbocycles. The fourth-order valence-electron chi connectivity index (χ4n) is 3.37. The van der Waals surface area contributed by atoms with Crippen LogP contribution in [0.2, 0.25) is 0 Å². The Labute approximate surface area is 174 Å². The van der Waals surface area contributed by atoms with Crippen molar-refractivity contribution in [3.8, 4) is 11.1 Å². The molecule has 0 saturated heterocycles. The van der Waals surface area contributed by atoms with Crippen molar-refractivity contribution in [3.05, 3.63) is 40.3 Å². The van der Waals surface area contributed by atoms with Crippen LogP contribution < -0.4 is 5.56 Å². The summed E-state index contributed by atoms with van der Waals surface area (Å²) in [6, 6.07) is 0. The summed E-state index contributed by atoms with van der Waals surface area (Å²) < 4.78 is 108. The van der Waals surface area contributed by atoms with Gasteiger partial charge in [-0.15, -0.1) is 0 Å². The number of alkyl halides is 8. The van der Waals surface area contributed by atoms with Gasteiger partial charge in [0.25, 0.3) is 5.56 Å². The molecule has 0 aliphatic heterocycles. The lowest BCUT2D eigenvalue weighted by molar-refractivity contribution is -0.287. The highest BCUT2D eigenvalue weighted by Crippen LogP contribution is 2.38. The Kier molecular flexibility index (Phi) is 4.90. The van der Waals surface area contributed by atoms with Gasteiger partial charge in [-0.3, -0.25) is 13.9 Å². The first kappa shape index (κ1) is 22.3. The Bertz CT molecular complexity index is 1230. The Morgan fingerprint density at radius 3 is 2.28 bits per heavy atom. The molecule has 0 bridgehead atoms. The number of aromatic nitrogens is 5. The van der Waals surface area contributed by atoms with E-state index in [1.165, 1.54) is 10.8 Å². The Morgan fingerprint density at radius 2 is 1.72 bits per heavy atom. The minimum absolute atomic E-state index is 0.140. The van der Waals surface area contributed by atoms with Crippen LogP contribution in [0.4, 0.5) is 35.1 Å². The molecule has 14 heteroatoms. The summed E-state index contributed by atoms with van der Waals surface area (Å²) in [7, 11) is 0. The van der Waals surface area contributed by atoms with Crippen LogP contribution >= 0.6 is 0 Å². The van der Waals surface area contributed by atoms with Crippen LogP contribution in [0, 0.1) is 12.8 Å². The maximum Gasteiger partial charge on any atom is 0.455 e. The van der Waals surface area contributed by atoms with Crippen LogP contribution in [-0.2, 0) is 19.3 Å². The average Bonchev–Trinajstić information content (AvgIpc) is 3.26. The van der Waals surface area contributed by atoms with Crippen molar-refractivity contribution in [3.63, 3.8) is 0 Å². The number of nitrogens with zero attached hydrogens (tertiary/aromatic N) is 5. The molecule has 3 aromatic rings. The van der Waals surface area contributed by atoms with E-state index in [-0.39, 0.29) is 16.4 Å². The molecule has 6 nitrogen and oxygen atoms in total. The van der Waals surface area contributed by atoms with Crippen molar-refractivity contribution >= 4 is 5.78 Å². The van der Waals surface area contributed by atoms with E-state index in [4.69, 9.17) is 0 Å². The van der Waals surface area contributed by atoms with Gasteiger partial charge >= 0.3 is 18.3 Å². The van der Waals surface area contributed by atoms with Gasteiger partial charge in [0.2, 0.25) is 5.78 Å². The van der Waals surface area contributed by atoms with Gasteiger partial charge in [0.15, 0.2) is 5.69 Å². The molecular weight excluding hydrogens is 454 g/mol. The van der Waals surface area contributed by atoms with E-state index in [0.717, 1.165) is 17.2 Å². The lowest BCUT2D eigenvalue weighted by Gasteiger charge is -2.19. The number of imidazole rings is 1. The molecular formula is C18H15F8N5O. The summed E-state index contributed by atoms with van der Waals surface area (Å²) in [6.07, 6.45) is -6.70. The maximum absolute atomic E-state index is 13.8. The van der Waals surface area contributed by atoms with Crippen LogP contribution in [0.5, 0.6) is 0 Å². The largest absolute Gasteiger partial charge is 0.455 e. The van der Waals surface area contributed by atoms with Gasteiger partial charge < -0.3 is 4.57 Å². The van der Waals surface area contributed by atoms with Crippen molar-refractivity contribution in [2.24, 2.45) is 5.92 Å². The molecule has 0 amide bonds. The second-order valence-electron chi connectivity index (χ2n) is 7.76. The van der Waals surface area contributed by atoms with Gasteiger partial charge in [-0.2, -0.15) is 40.2 Å². The third-order valence-electron chi connectivity index (χ3n) is 5.18. The van der Waals surface area contributed by atoms with E-state index in [1.807, 2.05) is 0 Å². The van der Waals surface area contributed by atoms with Gasteiger partial charge in [0, 0.05) is 30.2 Å². The summed E-state index contributed by atoms with van der Waals surface area (Å²) in [4.78, 5) is 16.6. The van der Waals surface area contributed by atoms with E-state index in [1.54, 1.807) is 6.92 Å². The summed E-state index contributed by atoms with van der Waals surface area (Å²) in [5.74, 6) is -5.13. The van der Waals surface area contributed by atoms with E-state index >= 15 is 0 Å². The average molecular weight is 469 g/mol. The first-order chi connectivity index (χ1) is 14.7. The number of aryl methyl sites for hydroxylation is 1. The number of hydrogen-bond acceptors (Lipinski definition) is 3. The number of fused-ring (bicyclic) bond motifs is 1. The highest BCUT2D eigenvalue weighted by atomic mass is 19.4. The van der Waals surface area contributed by atoms with Crippen molar-refractivity contribution in [1.82, 2.24) is 23.7 Å². The third-order valence-corrected chi connectivity index (χ3v) is 5.18. The zero-order chi connectivity index (χ0) is 23.6. The smallest absolute Gasteiger partial charge is 0.314 e. The second-order valence-corrected chi connectivity index (χ2v) is 7.76. The summed E-state index contributed by atoms with van der Waals surface area (Å²) >= 11 is 0. The summed E-state index contributed by atoms with van der Waals surface area (Å²) in [6.45, 7) is 0.0301. The minimum Gasteiger partial charge on any atom is -0.314 e. The molecule has 4 rings (SSSR count). The van der Waals surface area contributed by atoms with Gasteiger partial charge in [-0.1, -0.05) is 0 Å². The highest BCUT2D eigenvalue weighted by Gasteiger charge is 2.57. The molecule has 0 spiro atoms. The second kappa shape index (κ2) is 7.04. The molecule has 32 heavy (non-hydrogen) atoms. The van der Waals surface area contributed by atoms with E-state index in [9.17, 15) is 39.9 Å². The van der Waals surface area contributed by atoms with Gasteiger partial charge in [0.05, 0.1) is 11.8 Å². The molecule has 1 saturated carbocycles. The topological polar surface area (TPSA) is 57.1 Å². The van der Waals surface area contributed by atoms with Gasteiger partial charge in [0.1, 0.15) is 6.54 Å². The number of hydrogen-bond donors (Lipinski definition) is 0. The third kappa shape index (κ3) is 3.86. The normalized spacial score (nSPS) is 15.7. The molecule has 0 unspecified atom stereocenters. The predicted molar refractivity (Wildman–Crippen MR) is 94.1 cm³/mol. The molecule has 0 N–H and O–H groups in total. The number of rotatable bonds is 5. The van der Waals surface area contributed by atoms with Crippen LogP contribution in [0.3, 0.4) is 0 Å². The molecule has 3 heterocycles. The van der Waals surface area contributed by atoms with Crippen LogP contribution in [-0.4, -0.2) is 35.8 Å². The molecule has 0 atom stereocenters. The Hall–Kier alpha value is -2.93. The van der Waals surface area contributed by atoms with Crippen LogP contribution in [0.1, 0.15) is 24.2 Å². The SMILES string of the molecule is Cc1cn2c(=O)c(-c3cnn(CC(F)(F)C(F)(F)F)c3)c(C(F)(F)F)nc2n1CC1CC1. The molecule has 3 aromatic heterocycles. The van der Waals surface area contributed by atoms with E-state index in [0.29, 0.717) is 24.6 Å². The molecule has 174 valence electrons. The zero-order valence-electron chi connectivity index (χ0n) is 16.3. The fourth-order valence-corrected chi connectivity index (χ4v) is 3.37. The van der Waals surface area contributed by atoms with Gasteiger partial charge in [-0.25, -0.2) is 4.98 Å². The van der Waals surface area contributed by atoms with Crippen molar-refractivity contribution < 1.29 is 35.1 Å². The van der Waals surface area contributed by atoms with E-state index < -0.39 is 47.2 Å². The molecule has 1 aliphatic rings. The quantitative estimate of drug-likeness (QED) is 0.524. The van der Waals surface area contributed by atoms with E-state index in [2.05, 4.69) is 10.1 Å². The molecule has 0 aromatic carbocycles. The molecule has 0 radical (unpaired) electrons. The van der Waals surface area contributed by atoms with Gasteiger partial charge in [-0.05, 0) is 25.7 Å². The maximum atomic E-state index is 13.8. The molecule has 1 fully saturated rings. The van der Waals surface area contributed by atoms with Crippen molar-refractivity contribution in [2.45, 2.75) is 51.1 Å². The fraction of sp³-hybridized carbons (Fsp3) is 0.500. The number of halogens is 8. The predicted octanol–water partition coefficient (Wildman–Crippen LogP) is 4.29. The summed E-state index contributed by atoms with van der Waals surface area (Å²) in [5.41, 5.74) is -3.77. The standard InChI is InChI=1S/C18H15F8N5O/c1-9-5-31-14(32)12(11-4-27-29(7-11)8-16(19,20)18(24,25)26)13(17(21,22)23)28-15(31)30(9)6-10-2-3-10/h4-5,7,10H,2-3,6,8H2,1H3. The highest BCUT2D eigenvalue weighted by molar-refractivity contribution is 5.65. The monoisotopic (exact) mass is 469 g/mol. The van der Waals surface area contributed by atoms with Crippen molar-refractivity contribution in [1.29, 1.82) is 0 Å². The van der Waals surface area contributed by atoms with Crippen LogP contribution in [0.25, 0.3) is 16.9 Å². The van der Waals surface area contributed by atoms with Crippen molar-refractivity contribution in [2.75, 3.05) is 0 Å².